The highest BCUT2D eigenvalue weighted by Gasteiger charge is 2.46. The van der Waals surface area contributed by atoms with Crippen molar-refractivity contribution in [3.05, 3.63) is 41.8 Å². The Kier molecular flexibility index (Phi) is 5.69. The first-order valence-corrected chi connectivity index (χ1v) is 11.2. The molecule has 1 aromatic carbocycles. The van der Waals surface area contributed by atoms with E-state index in [1.807, 2.05) is 0 Å². The Hall–Kier alpha value is -4.29. The summed E-state index contributed by atoms with van der Waals surface area (Å²) in [6, 6.07) is 6.29. The molecule has 12 nitrogen and oxygen atoms in total. The van der Waals surface area contributed by atoms with Gasteiger partial charge in [0.1, 0.15) is 22.9 Å². The first-order chi connectivity index (χ1) is 17.1. The number of fused-ring (bicyclic) bond motifs is 2. The molecule has 5 rings (SSSR count). The maximum absolute atomic E-state index is 15.1. The lowest BCUT2D eigenvalue weighted by Gasteiger charge is -2.32. The van der Waals surface area contributed by atoms with E-state index in [4.69, 9.17) is 14.2 Å². The van der Waals surface area contributed by atoms with Gasteiger partial charge in [0, 0.05) is 29.0 Å². The second-order valence-electron chi connectivity index (χ2n) is 9.42. The number of benzene rings is 1. The molecule has 2 aliphatic heterocycles. The molecule has 4 heterocycles. The molecule has 2 aromatic heterocycles. The van der Waals surface area contributed by atoms with Crippen LogP contribution in [0.4, 0.5) is 14.0 Å². The van der Waals surface area contributed by atoms with Gasteiger partial charge >= 0.3 is 12.2 Å². The number of carbonyl (C=O) groups is 2. The summed E-state index contributed by atoms with van der Waals surface area (Å²) in [4.78, 5) is 31.5. The number of nitrogens with one attached hydrogen (secondary N) is 1. The van der Waals surface area contributed by atoms with Crippen LogP contribution in [0.2, 0.25) is 0 Å². The van der Waals surface area contributed by atoms with E-state index in [9.17, 15) is 9.59 Å². The van der Waals surface area contributed by atoms with Crippen LogP contribution in [-0.2, 0) is 23.1 Å². The fraction of sp³-hybridized carbons (Fsp3) is 0.391. The second kappa shape index (κ2) is 8.73. The Morgan fingerprint density at radius 3 is 2.75 bits per heavy atom. The molecule has 3 aromatic rings. The van der Waals surface area contributed by atoms with E-state index in [1.54, 1.807) is 46.0 Å². The van der Waals surface area contributed by atoms with Crippen LogP contribution in [0.3, 0.4) is 0 Å². The number of hydrogen-bond acceptors (Lipinski definition) is 9. The van der Waals surface area contributed by atoms with E-state index in [0.717, 1.165) is 0 Å². The third-order valence-electron chi connectivity index (χ3n) is 5.51. The summed E-state index contributed by atoms with van der Waals surface area (Å²) in [5, 5.41) is 14.4. The number of hydrogen-bond donors (Lipinski definition) is 1. The predicted molar refractivity (Wildman–Crippen MR) is 122 cm³/mol. The number of carbonyl (C=O) groups excluding carboxylic acids is 2. The predicted octanol–water partition coefficient (Wildman–Crippen LogP) is 2.64. The van der Waals surface area contributed by atoms with Crippen molar-refractivity contribution in [2.45, 2.75) is 45.2 Å². The standard InChI is InChI=1S/C23H24FN7O5/c1-23(2,3)36-21(32)26-10-18-20-31(22(33)35-18)11-13-7-14(15(24)8-17(13)34-20)12-5-6-16(25-9-12)19-27-29-30(4)28-19/h5-9,18,20H,10-11H2,1-4H3,(H,26,32)/t18-,20-/m0/s1. The van der Waals surface area contributed by atoms with Gasteiger partial charge in [0.2, 0.25) is 12.1 Å². The number of aryl methyl sites for hydroxylation is 1. The van der Waals surface area contributed by atoms with Crippen molar-refractivity contribution in [3.8, 4) is 28.4 Å². The van der Waals surface area contributed by atoms with Crippen LogP contribution in [-0.4, -0.2) is 66.8 Å². The molecule has 2 atom stereocenters. The van der Waals surface area contributed by atoms with Crippen LogP contribution < -0.4 is 10.1 Å². The first-order valence-electron chi connectivity index (χ1n) is 11.2. The average Bonchev–Trinajstić information content (AvgIpc) is 3.38. The molecule has 0 spiro atoms. The van der Waals surface area contributed by atoms with Crippen LogP contribution in [0.5, 0.6) is 5.75 Å². The highest BCUT2D eigenvalue weighted by atomic mass is 19.1. The number of nitrogens with zero attached hydrogens (tertiary/aromatic N) is 6. The van der Waals surface area contributed by atoms with E-state index in [1.165, 1.54) is 22.0 Å². The van der Waals surface area contributed by atoms with Gasteiger partial charge in [0.25, 0.3) is 0 Å². The maximum atomic E-state index is 15.1. The third kappa shape index (κ3) is 4.63. The van der Waals surface area contributed by atoms with Crippen LogP contribution in [0.25, 0.3) is 22.6 Å². The second-order valence-corrected chi connectivity index (χ2v) is 9.42. The van der Waals surface area contributed by atoms with Gasteiger partial charge in [-0.25, -0.2) is 14.0 Å². The number of ether oxygens (including phenoxy) is 3. The van der Waals surface area contributed by atoms with E-state index in [2.05, 4.69) is 25.7 Å². The average molecular weight is 497 g/mol. The molecule has 188 valence electrons. The lowest BCUT2D eigenvalue weighted by atomic mass is 10.0. The Morgan fingerprint density at radius 2 is 2.08 bits per heavy atom. The van der Waals surface area contributed by atoms with Crippen LogP contribution >= 0.6 is 0 Å². The number of pyridine rings is 1. The van der Waals surface area contributed by atoms with Gasteiger partial charge in [0.05, 0.1) is 20.1 Å². The molecule has 0 radical (unpaired) electrons. The lowest BCUT2D eigenvalue weighted by molar-refractivity contribution is 0.0143. The number of alkyl carbamates (subject to hydrolysis) is 1. The number of rotatable bonds is 4. The van der Waals surface area contributed by atoms with E-state index in [-0.39, 0.29) is 13.1 Å². The SMILES string of the molecule is Cn1nnc(-c2ccc(-c3cc4c(cc3F)O[C@H]3[C@H](CNC(=O)OC(C)(C)C)OC(=O)N3C4)cn2)n1. The summed E-state index contributed by atoms with van der Waals surface area (Å²) in [5.41, 5.74) is 1.29. The van der Waals surface area contributed by atoms with E-state index >= 15 is 4.39 Å². The lowest BCUT2D eigenvalue weighted by Crippen LogP contribution is -2.48. The molecule has 13 heteroatoms. The molecule has 2 aliphatic rings. The Morgan fingerprint density at radius 1 is 1.28 bits per heavy atom. The number of amides is 2. The molecular weight excluding hydrogens is 473 g/mol. The Bertz CT molecular complexity index is 1320. The number of tetrazole rings is 1. The normalized spacial score (nSPS) is 18.7. The summed E-state index contributed by atoms with van der Waals surface area (Å²) >= 11 is 0. The topological polar surface area (TPSA) is 134 Å². The third-order valence-corrected chi connectivity index (χ3v) is 5.51. The maximum Gasteiger partial charge on any atom is 0.413 e. The van der Waals surface area contributed by atoms with Crippen molar-refractivity contribution in [2.24, 2.45) is 7.05 Å². The van der Waals surface area contributed by atoms with E-state index in [0.29, 0.717) is 34.0 Å². The smallest absolute Gasteiger partial charge is 0.413 e. The molecular formula is C23H24FN7O5. The van der Waals surface area contributed by atoms with Crippen molar-refractivity contribution in [3.63, 3.8) is 0 Å². The number of halogens is 1. The van der Waals surface area contributed by atoms with Crippen molar-refractivity contribution in [1.29, 1.82) is 0 Å². The van der Waals surface area contributed by atoms with Gasteiger partial charge in [0.15, 0.2) is 6.10 Å². The zero-order valence-electron chi connectivity index (χ0n) is 20.1. The number of aromatic nitrogens is 5. The van der Waals surface area contributed by atoms with Gasteiger partial charge < -0.3 is 19.5 Å². The molecule has 0 aliphatic carbocycles. The quantitative estimate of drug-likeness (QED) is 0.577. The summed E-state index contributed by atoms with van der Waals surface area (Å²) in [7, 11) is 1.65. The molecule has 1 saturated heterocycles. The molecule has 36 heavy (non-hydrogen) atoms. The minimum absolute atomic E-state index is 0.0175. The monoisotopic (exact) mass is 497 g/mol. The summed E-state index contributed by atoms with van der Waals surface area (Å²) in [6.07, 6.45) is -1.31. The van der Waals surface area contributed by atoms with Crippen molar-refractivity contribution in [2.75, 3.05) is 6.54 Å². The fourth-order valence-electron chi connectivity index (χ4n) is 3.93. The molecule has 0 unspecified atom stereocenters. The summed E-state index contributed by atoms with van der Waals surface area (Å²) < 4.78 is 31.6. The zero-order valence-corrected chi connectivity index (χ0v) is 20.1. The fourth-order valence-corrected chi connectivity index (χ4v) is 3.93. The largest absolute Gasteiger partial charge is 0.466 e. The van der Waals surface area contributed by atoms with Crippen molar-refractivity contribution >= 4 is 12.2 Å². The molecule has 1 fully saturated rings. The van der Waals surface area contributed by atoms with Gasteiger partial charge in [-0.05, 0) is 38.1 Å². The van der Waals surface area contributed by atoms with Gasteiger partial charge in [-0.3, -0.25) is 9.88 Å². The Balaban J connectivity index is 1.33. The van der Waals surface area contributed by atoms with Gasteiger partial charge in [-0.15, -0.1) is 10.2 Å². The minimum atomic E-state index is -0.814. The van der Waals surface area contributed by atoms with Crippen LogP contribution in [0.15, 0.2) is 30.5 Å². The molecule has 0 saturated carbocycles. The van der Waals surface area contributed by atoms with Crippen molar-refractivity contribution in [1.82, 2.24) is 35.4 Å². The van der Waals surface area contributed by atoms with Crippen LogP contribution in [0.1, 0.15) is 26.3 Å². The first kappa shape index (κ1) is 23.5. The van der Waals surface area contributed by atoms with Gasteiger partial charge in [-0.1, -0.05) is 6.07 Å². The number of cyclic esters (lactones) is 1. The molecule has 1 N–H and O–H groups in total. The minimum Gasteiger partial charge on any atom is -0.466 e. The molecule has 2 amide bonds. The van der Waals surface area contributed by atoms with Crippen molar-refractivity contribution < 1.29 is 28.2 Å². The summed E-state index contributed by atoms with van der Waals surface area (Å²) in [5.74, 6) is 0.145. The van der Waals surface area contributed by atoms with Gasteiger partial charge in [-0.2, -0.15) is 4.80 Å². The highest BCUT2D eigenvalue weighted by Crippen LogP contribution is 2.37. The Labute approximate surface area is 205 Å². The highest BCUT2D eigenvalue weighted by molar-refractivity contribution is 5.73. The van der Waals surface area contributed by atoms with Crippen LogP contribution in [0, 0.1) is 5.82 Å². The van der Waals surface area contributed by atoms with E-state index < -0.39 is 35.9 Å². The molecule has 0 bridgehead atoms. The zero-order chi connectivity index (χ0) is 25.6. The summed E-state index contributed by atoms with van der Waals surface area (Å²) in [6.45, 7) is 5.37.